The quantitative estimate of drug-likeness (QED) is 0.552. The number of primary amides is 1. The van der Waals surface area contributed by atoms with Crippen molar-refractivity contribution in [1.29, 1.82) is 0 Å². The molecule has 1 saturated carbocycles. The smallest absolute Gasteiger partial charge is 0.290 e. The number of likely N-dealkylation sites (tertiary alicyclic amines) is 1. The number of benzene rings is 2. The third-order valence-corrected chi connectivity index (χ3v) is 7.14. The topological polar surface area (TPSA) is 133 Å². The number of ether oxygens (including phenoxy) is 1. The molecule has 0 radical (unpaired) electrons. The third kappa shape index (κ3) is 5.47. The van der Waals surface area contributed by atoms with Gasteiger partial charge in [-0.1, -0.05) is 30.3 Å². The minimum Gasteiger partial charge on any atom is -0.487 e. The van der Waals surface area contributed by atoms with E-state index >= 15 is 0 Å². The maximum absolute atomic E-state index is 13.0. The summed E-state index contributed by atoms with van der Waals surface area (Å²) in [6.07, 6.45) is 1.23. The van der Waals surface area contributed by atoms with Crippen molar-refractivity contribution in [3.05, 3.63) is 59.7 Å². The second-order valence-corrected chi connectivity index (χ2v) is 9.30. The SMILES string of the molecule is NC(=O)c1ccccc1O[C@@H]1C[C@@H]2CN(CC(=O)N3CCc4ccccc43)C[C@@H]2C[C@H]1O.O=CO. The average Bonchev–Trinajstić information content (AvgIpc) is 3.43. The van der Waals surface area contributed by atoms with Crippen LogP contribution in [0.2, 0.25) is 0 Å². The highest BCUT2D eigenvalue weighted by molar-refractivity contribution is 5.97. The number of fused-ring (bicyclic) bond motifs is 2. The summed E-state index contributed by atoms with van der Waals surface area (Å²) in [5, 5.41) is 17.6. The van der Waals surface area contributed by atoms with Gasteiger partial charge in [-0.3, -0.25) is 19.3 Å². The first-order valence-electron chi connectivity index (χ1n) is 11.8. The zero-order chi connectivity index (χ0) is 24.9. The summed E-state index contributed by atoms with van der Waals surface area (Å²) in [7, 11) is 0. The van der Waals surface area contributed by atoms with Gasteiger partial charge in [-0.15, -0.1) is 0 Å². The first-order chi connectivity index (χ1) is 16.9. The van der Waals surface area contributed by atoms with Gasteiger partial charge >= 0.3 is 0 Å². The van der Waals surface area contributed by atoms with Gasteiger partial charge in [0.25, 0.3) is 12.4 Å². The number of nitrogens with two attached hydrogens (primary N) is 1. The van der Waals surface area contributed by atoms with Crippen LogP contribution in [0.3, 0.4) is 0 Å². The number of anilines is 1. The lowest BCUT2D eigenvalue weighted by molar-refractivity contribution is -0.123. The van der Waals surface area contributed by atoms with Crippen molar-refractivity contribution >= 4 is 24.0 Å². The maximum atomic E-state index is 13.0. The number of carbonyl (C=O) groups excluding carboxylic acids is 2. The number of hydrogen-bond acceptors (Lipinski definition) is 6. The van der Waals surface area contributed by atoms with Gasteiger partial charge in [0.15, 0.2) is 0 Å². The number of para-hydroxylation sites is 2. The molecule has 0 aromatic heterocycles. The number of hydrogen-bond donors (Lipinski definition) is 3. The van der Waals surface area contributed by atoms with E-state index in [1.807, 2.05) is 23.1 Å². The first-order valence-corrected chi connectivity index (χ1v) is 11.8. The normalized spacial score (nSPS) is 25.1. The summed E-state index contributed by atoms with van der Waals surface area (Å²) < 4.78 is 6.06. The lowest BCUT2D eigenvalue weighted by Crippen LogP contribution is -2.42. The molecular formula is C26H31N3O6. The lowest BCUT2D eigenvalue weighted by Gasteiger charge is -2.35. The Morgan fingerprint density at radius 2 is 1.71 bits per heavy atom. The molecule has 3 aliphatic rings. The number of carbonyl (C=O) groups is 3. The fourth-order valence-electron chi connectivity index (χ4n) is 5.55. The molecule has 2 amide bonds. The predicted molar refractivity (Wildman–Crippen MR) is 129 cm³/mol. The van der Waals surface area contributed by atoms with E-state index in [4.69, 9.17) is 20.4 Å². The van der Waals surface area contributed by atoms with Crippen molar-refractivity contribution in [2.75, 3.05) is 31.1 Å². The average molecular weight is 482 g/mol. The fourth-order valence-corrected chi connectivity index (χ4v) is 5.55. The van der Waals surface area contributed by atoms with Crippen LogP contribution in [0, 0.1) is 11.8 Å². The Balaban J connectivity index is 0.000000917. The number of aliphatic hydroxyl groups is 1. The fraction of sp³-hybridized carbons (Fsp3) is 0.423. The van der Waals surface area contributed by atoms with E-state index in [0.29, 0.717) is 42.5 Å². The van der Waals surface area contributed by atoms with E-state index in [1.54, 1.807) is 24.3 Å². The van der Waals surface area contributed by atoms with Gasteiger partial charge in [0, 0.05) is 25.3 Å². The molecule has 9 heteroatoms. The number of rotatable bonds is 5. The van der Waals surface area contributed by atoms with E-state index in [-0.39, 0.29) is 12.4 Å². The minimum atomic E-state index is -0.613. The van der Waals surface area contributed by atoms with Crippen LogP contribution in [0.5, 0.6) is 5.75 Å². The molecule has 9 nitrogen and oxygen atoms in total. The Morgan fingerprint density at radius 3 is 2.46 bits per heavy atom. The number of amides is 2. The largest absolute Gasteiger partial charge is 0.487 e. The van der Waals surface area contributed by atoms with E-state index in [2.05, 4.69) is 11.0 Å². The van der Waals surface area contributed by atoms with Crippen molar-refractivity contribution in [2.24, 2.45) is 17.6 Å². The van der Waals surface area contributed by atoms with E-state index in [9.17, 15) is 14.7 Å². The monoisotopic (exact) mass is 481 g/mol. The Labute approximate surface area is 204 Å². The molecule has 2 heterocycles. The van der Waals surface area contributed by atoms with Crippen molar-refractivity contribution in [3.63, 3.8) is 0 Å². The molecule has 0 bridgehead atoms. The zero-order valence-corrected chi connectivity index (χ0v) is 19.5. The maximum Gasteiger partial charge on any atom is 0.290 e. The van der Waals surface area contributed by atoms with Gasteiger partial charge in [-0.05, 0) is 54.9 Å². The number of carboxylic acid groups (broad SMARTS) is 1. The molecule has 35 heavy (non-hydrogen) atoms. The summed E-state index contributed by atoms with van der Waals surface area (Å²) in [5.74, 6) is 0.702. The van der Waals surface area contributed by atoms with Gasteiger partial charge in [0.2, 0.25) is 5.91 Å². The summed E-state index contributed by atoms with van der Waals surface area (Å²) in [5.41, 5.74) is 8.05. The molecule has 1 saturated heterocycles. The van der Waals surface area contributed by atoms with Crippen molar-refractivity contribution in [1.82, 2.24) is 4.90 Å². The molecule has 2 aliphatic heterocycles. The molecule has 186 valence electrons. The van der Waals surface area contributed by atoms with Crippen LogP contribution in [0.4, 0.5) is 5.69 Å². The van der Waals surface area contributed by atoms with Crippen molar-refractivity contribution < 1.29 is 29.3 Å². The summed E-state index contributed by atoms with van der Waals surface area (Å²) >= 11 is 0. The van der Waals surface area contributed by atoms with Crippen LogP contribution >= 0.6 is 0 Å². The second-order valence-electron chi connectivity index (χ2n) is 9.30. The highest BCUT2D eigenvalue weighted by atomic mass is 16.5. The second kappa shape index (κ2) is 10.9. The Hall–Kier alpha value is -3.43. The van der Waals surface area contributed by atoms with Crippen LogP contribution in [0.25, 0.3) is 0 Å². The van der Waals surface area contributed by atoms with Crippen LogP contribution in [-0.2, 0) is 16.0 Å². The van der Waals surface area contributed by atoms with Gasteiger partial charge in [-0.25, -0.2) is 0 Å². The molecule has 4 atom stereocenters. The Bertz CT molecular complexity index is 1080. The number of aliphatic hydroxyl groups excluding tert-OH is 1. The highest BCUT2D eigenvalue weighted by Gasteiger charge is 2.43. The van der Waals surface area contributed by atoms with Gasteiger partial charge < -0.3 is 25.6 Å². The number of nitrogens with zero attached hydrogens (tertiary/aromatic N) is 2. The summed E-state index contributed by atoms with van der Waals surface area (Å²) in [6, 6.07) is 15.0. The lowest BCUT2D eigenvalue weighted by atomic mass is 9.78. The predicted octanol–water partition coefficient (Wildman–Crippen LogP) is 1.53. The summed E-state index contributed by atoms with van der Waals surface area (Å²) in [4.78, 5) is 37.2. The van der Waals surface area contributed by atoms with E-state index < -0.39 is 18.1 Å². The molecule has 2 aromatic carbocycles. The Kier molecular flexibility index (Phi) is 7.67. The molecular weight excluding hydrogens is 450 g/mol. The van der Waals surface area contributed by atoms with Crippen LogP contribution in [0.1, 0.15) is 28.8 Å². The molecule has 0 unspecified atom stereocenters. The van der Waals surface area contributed by atoms with Gasteiger partial charge in [0.05, 0.1) is 18.2 Å². The van der Waals surface area contributed by atoms with Crippen LogP contribution in [-0.4, -0.2) is 71.8 Å². The molecule has 1 aliphatic carbocycles. The van der Waals surface area contributed by atoms with E-state index in [1.165, 1.54) is 5.56 Å². The van der Waals surface area contributed by atoms with Gasteiger partial charge in [-0.2, -0.15) is 0 Å². The third-order valence-electron chi connectivity index (χ3n) is 7.14. The van der Waals surface area contributed by atoms with Crippen molar-refractivity contribution in [2.45, 2.75) is 31.5 Å². The van der Waals surface area contributed by atoms with Crippen LogP contribution in [0.15, 0.2) is 48.5 Å². The molecule has 2 aromatic rings. The molecule has 0 spiro atoms. The zero-order valence-electron chi connectivity index (χ0n) is 19.5. The van der Waals surface area contributed by atoms with Gasteiger partial charge in [0.1, 0.15) is 11.9 Å². The van der Waals surface area contributed by atoms with Crippen LogP contribution < -0.4 is 15.4 Å². The molecule has 5 rings (SSSR count). The molecule has 2 fully saturated rings. The first kappa shape index (κ1) is 24.7. The standard InChI is InChI=1S/C25H29N3O4.CH2O2/c26-25(31)19-6-2-4-8-22(19)32-23-12-18-14-27(13-17(18)11-21(23)29)15-24(30)28-10-9-16-5-1-3-7-20(16)28;2-1-3/h1-8,17-18,21,23,29H,9-15H2,(H2,26,31);1H,(H,2,3)/t17-,18+,21+,23+;/m0./s1. The van der Waals surface area contributed by atoms with Crippen molar-refractivity contribution in [3.8, 4) is 5.75 Å². The summed E-state index contributed by atoms with van der Waals surface area (Å²) in [6.45, 7) is 2.52. The molecule has 4 N–H and O–H groups in total. The van der Waals surface area contributed by atoms with E-state index in [0.717, 1.165) is 31.7 Å². The Morgan fingerprint density at radius 1 is 1.06 bits per heavy atom. The minimum absolute atomic E-state index is 0.136. The highest BCUT2D eigenvalue weighted by Crippen LogP contribution is 2.38.